The van der Waals surface area contributed by atoms with Gasteiger partial charge < -0.3 is 0 Å². The Labute approximate surface area is 86.4 Å². The lowest BCUT2D eigenvalue weighted by molar-refractivity contribution is 0.747. The zero-order valence-electron chi connectivity index (χ0n) is 9.17. The zero-order valence-corrected chi connectivity index (χ0v) is 9.17. The zero-order chi connectivity index (χ0) is 10.6. The lowest BCUT2D eigenvalue weighted by Crippen LogP contribution is -1.86. The second-order valence-corrected chi connectivity index (χ2v) is 3.47. The van der Waals surface area contributed by atoms with Gasteiger partial charge in [0.1, 0.15) is 0 Å². The molecular formula is C13H17N. The minimum atomic E-state index is 0.688. The first-order chi connectivity index (χ1) is 6.81. The Balaban J connectivity index is 0.000000461. The van der Waals surface area contributed by atoms with E-state index in [-0.39, 0.29) is 0 Å². The average Bonchev–Trinajstić information content (AvgIpc) is 2.63. The Bertz CT molecular complexity index is 347. The summed E-state index contributed by atoms with van der Waals surface area (Å²) in [6, 6.07) is 8.22. The average molecular weight is 187 g/mol. The van der Waals surface area contributed by atoms with Crippen LogP contribution in [0.15, 0.2) is 18.2 Å². The number of nitriles is 1. The molecule has 1 heteroatoms. The molecule has 0 saturated carbocycles. The number of benzene rings is 1. The minimum absolute atomic E-state index is 0.688. The maximum Gasteiger partial charge on any atom is 0.0991 e. The van der Waals surface area contributed by atoms with Gasteiger partial charge in [0.25, 0.3) is 0 Å². The van der Waals surface area contributed by atoms with Crippen LogP contribution >= 0.6 is 0 Å². The molecule has 0 spiro atoms. The summed E-state index contributed by atoms with van der Waals surface area (Å²) in [6.45, 7) is 6.25. The predicted molar refractivity (Wildman–Crippen MR) is 59.2 cm³/mol. The van der Waals surface area contributed by atoms with Crippen molar-refractivity contribution in [2.45, 2.75) is 39.5 Å². The minimum Gasteiger partial charge on any atom is -0.192 e. The molecular weight excluding hydrogens is 170 g/mol. The Morgan fingerprint density at radius 3 is 2.71 bits per heavy atom. The molecule has 0 bridgehead atoms. The molecule has 1 aromatic rings. The SMILES string of the molecule is CC.CC1CCc2cc(C#N)ccc21. The number of fused-ring (bicyclic) bond motifs is 1. The van der Waals surface area contributed by atoms with Crippen LogP contribution < -0.4 is 0 Å². The molecule has 2 rings (SSSR count). The number of rotatable bonds is 0. The lowest BCUT2D eigenvalue weighted by atomic mass is 10.0. The highest BCUT2D eigenvalue weighted by molar-refractivity contribution is 5.42. The van der Waals surface area contributed by atoms with E-state index < -0.39 is 0 Å². The fourth-order valence-electron chi connectivity index (χ4n) is 1.90. The highest BCUT2D eigenvalue weighted by Gasteiger charge is 2.17. The van der Waals surface area contributed by atoms with Crippen molar-refractivity contribution in [2.24, 2.45) is 0 Å². The van der Waals surface area contributed by atoms with Crippen molar-refractivity contribution in [2.75, 3.05) is 0 Å². The Morgan fingerprint density at radius 1 is 1.36 bits per heavy atom. The van der Waals surface area contributed by atoms with Crippen LogP contribution in [0.1, 0.15) is 49.8 Å². The molecule has 1 atom stereocenters. The number of hydrogen-bond acceptors (Lipinski definition) is 1. The van der Waals surface area contributed by atoms with Gasteiger partial charge in [-0.2, -0.15) is 5.26 Å². The second kappa shape index (κ2) is 4.81. The third-order valence-electron chi connectivity index (χ3n) is 2.65. The fourth-order valence-corrected chi connectivity index (χ4v) is 1.90. The van der Waals surface area contributed by atoms with E-state index in [0.29, 0.717) is 5.92 Å². The summed E-state index contributed by atoms with van der Waals surface area (Å²) >= 11 is 0. The van der Waals surface area contributed by atoms with Gasteiger partial charge in [-0.1, -0.05) is 26.8 Å². The Morgan fingerprint density at radius 2 is 2.07 bits per heavy atom. The summed E-state index contributed by atoms with van der Waals surface area (Å²) in [5, 5.41) is 8.68. The Hall–Kier alpha value is -1.29. The van der Waals surface area contributed by atoms with E-state index >= 15 is 0 Å². The van der Waals surface area contributed by atoms with Gasteiger partial charge in [-0.05, 0) is 42.0 Å². The van der Waals surface area contributed by atoms with Gasteiger partial charge in [-0.3, -0.25) is 0 Å². The summed E-state index contributed by atoms with van der Waals surface area (Å²) < 4.78 is 0. The van der Waals surface area contributed by atoms with Crippen LogP contribution in [0.4, 0.5) is 0 Å². The van der Waals surface area contributed by atoms with Crippen LogP contribution in [0.2, 0.25) is 0 Å². The molecule has 1 nitrogen and oxygen atoms in total. The Kier molecular flexibility index (Phi) is 3.71. The second-order valence-electron chi connectivity index (χ2n) is 3.47. The quantitative estimate of drug-likeness (QED) is 0.608. The number of aryl methyl sites for hydroxylation is 1. The van der Waals surface area contributed by atoms with E-state index in [1.54, 1.807) is 0 Å². The van der Waals surface area contributed by atoms with Gasteiger partial charge in [-0.25, -0.2) is 0 Å². The first-order valence-electron chi connectivity index (χ1n) is 5.34. The van der Waals surface area contributed by atoms with Crippen LogP contribution in [0.25, 0.3) is 0 Å². The highest BCUT2D eigenvalue weighted by atomic mass is 14.3. The van der Waals surface area contributed by atoms with Gasteiger partial charge in [0.2, 0.25) is 0 Å². The van der Waals surface area contributed by atoms with E-state index in [4.69, 9.17) is 5.26 Å². The molecule has 0 fully saturated rings. The largest absolute Gasteiger partial charge is 0.192 e. The van der Waals surface area contributed by atoms with Crippen LogP contribution in [0.5, 0.6) is 0 Å². The molecule has 1 aliphatic carbocycles. The van der Waals surface area contributed by atoms with Crippen molar-refractivity contribution >= 4 is 0 Å². The van der Waals surface area contributed by atoms with Crippen LogP contribution in [0.3, 0.4) is 0 Å². The van der Waals surface area contributed by atoms with E-state index in [0.717, 1.165) is 12.0 Å². The van der Waals surface area contributed by atoms with E-state index in [1.807, 2.05) is 26.0 Å². The molecule has 14 heavy (non-hydrogen) atoms. The van der Waals surface area contributed by atoms with Gasteiger partial charge in [-0.15, -0.1) is 0 Å². The molecule has 0 radical (unpaired) electrons. The standard InChI is InChI=1S/C11H11N.C2H6/c1-8-2-4-10-6-9(7-12)3-5-11(8)10;1-2/h3,5-6,8H,2,4H2,1H3;1-2H3. The van der Waals surface area contributed by atoms with Crippen molar-refractivity contribution in [3.63, 3.8) is 0 Å². The molecule has 0 aliphatic heterocycles. The molecule has 1 aromatic carbocycles. The third kappa shape index (κ3) is 1.96. The molecule has 0 amide bonds. The fraction of sp³-hybridized carbons (Fsp3) is 0.462. The highest BCUT2D eigenvalue weighted by Crippen LogP contribution is 2.32. The van der Waals surface area contributed by atoms with Gasteiger partial charge >= 0.3 is 0 Å². The molecule has 0 saturated heterocycles. The molecule has 0 heterocycles. The summed E-state index contributed by atoms with van der Waals surface area (Å²) in [6.07, 6.45) is 2.39. The molecule has 74 valence electrons. The normalized spacial score (nSPS) is 17.7. The smallest absolute Gasteiger partial charge is 0.0991 e. The van der Waals surface area contributed by atoms with Crippen LogP contribution in [-0.4, -0.2) is 0 Å². The molecule has 0 aromatic heterocycles. The summed E-state index contributed by atoms with van der Waals surface area (Å²) in [7, 11) is 0. The van der Waals surface area contributed by atoms with Crippen molar-refractivity contribution in [1.82, 2.24) is 0 Å². The predicted octanol–water partition coefficient (Wildman–Crippen LogP) is 3.63. The molecule has 0 N–H and O–H groups in total. The summed E-state index contributed by atoms with van der Waals surface area (Å²) in [4.78, 5) is 0. The van der Waals surface area contributed by atoms with E-state index in [1.165, 1.54) is 17.5 Å². The molecule has 1 unspecified atom stereocenters. The summed E-state index contributed by atoms with van der Waals surface area (Å²) in [5.41, 5.74) is 3.61. The maximum absolute atomic E-state index is 8.68. The van der Waals surface area contributed by atoms with Gasteiger partial charge in [0, 0.05) is 0 Å². The topological polar surface area (TPSA) is 23.8 Å². The van der Waals surface area contributed by atoms with Crippen molar-refractivity contribution in [3.05, 3.63) is 34.9 Å². The first kappa shape index (κ1) is 10.8. The number of hydrogen-bond donors (Lipinski definition) is 0. The monoisotopic (exact) mass is 187 g/mol. The van der Waals surface area contributed by atoms with Crippen LogP contribution in [-0.2, 0) is 6.42 Å². The van der Waals surface area contributed by atoms with E-state index in [2.05, 4.69) is 19.1 Å². The third-order valence-corrected chi connectivity index (χ3v) is 2.65. The van der Waals surface area contributed by atoms with Gasteiger partial charge in [0.05, 0.1) is 11.6 Å². The summed E-state index contributed by atoms with van der Waals surface area (Å²) in [5.74, 6) is 0.688. The lowest BCUT2D eigenvalue weighted by Gasteiger charge is -2.02. The maximum atomic E-state index is 8.68. The van der Waals surface area contributed by atoms with Crippen molar-refractivity contribution < 1.29 is 0 Å². The molecule has 1 aliphatic rings. The first-order valence-corrected chi connectivity index (χ1v) is 5.34. The van der Waals surface area contributed by atoms with Crippen LogP contribution in [0, 0.1) is 11.3 Å². The number of nitrogens with zero attached hydrogens (tertiary/aromatic N) is 1. The van der Waals surface area contributed by atoms with Crippen molar-refractivity contribution in [3.8, 4) is 6.07 Å². The van der Waals surface area contributed by atoms with Crippen molar-refractivity contribution in [1.29, 1.82) is 5.26 Å². The van der Waals surface area contributed by atoms with E-state index in [9.17, 15) is 0 Å². The van der Waals surface area contributed by atoms with Gasteiger partial charge in [0.15, 0.2) is 0 Å².